The van der Waals surface area contributed by atoms with Crippen molar-refractivity contribution < 1.29 is 4.39 Å². The normalized spacial score (nSPS) is 10.2. The van der Waals surface area contributed by atoms with Crippen LogP contribution >= 0.6 is 11.6 Å². The molecular formula is C23H38ClF. The van der Waals surface area contributed by atoms with Crippen molar-refractivity contribution in [1.82, 2.24) is 0 Å². The van der Waals surface area contributed by atoms with Gasteiger partial charge in [0.05, 0.1) is 0 Å². The van der Waals surface area contributed by atoms with Gasteiger partial charge in [0.1, 0.15) is 5.82 Å². The zero-order chi connectivity index (χ0) is 17.0. The second kappa shape index (κ2) is 11.3. The number of hydrogen-bond donors (Lipinski definition) is 0. The Labute approximate surface area is 161 Å². The van der Waals surface area contributed by atoms with Crippen LogP contribution in [-0.4, -0.2) is 0 Å². The summed E-state index contributed by atoms with van der Waals surface area (Å²) < 4.78 is 12.5. The van der Waals surface area contributed by atoms with Gasteiger partial charge in [0.25, 0.3) is 0 Å². The standard InChI is InChI=1S/C10H13Cl.C10H13F.3CH4/c2*1-10(2,3)8-4-6-9(11)7-5-8;;;/h2*4-7H,1-3H3;3*1H4. The highest BCUT2D eigenvalue weighted by Crippen LogP contribution is 2.23. The predicted molar refractivity (Wildman–Crippen MR) is 115 cm³/mol. The van der Waals surface area contributed by atoms with E-state index in [1.54, 1.807) is 0 Å². The van der Waals surface area contributed by atoms with Gasteiger partial charge in [-0.15, -0.1) is 0 Å². The first-order valence-electron chi connectivity index (χ1n) is 7.52. The first kappa shape index (κ1) is 28.5. The summed E-state index contributed by atoms with van der Waals surface area (Å²) in [7, 11) is 0. The molecule has 0 N–H and O–H groups in total. The Balaban J connectivity index is -0.000000346. The highest BCUT2D eigenvalue weighted by Gasteiger charge is 2.13. The quantitative estimate of drug-likeness (QED) is 0.436. The third-order valence-corrected chi connectivity index (χ3v) is 3.67. The molecule has 0 aliphatic carbocycles. The first-order valence-corrected chi connectivity index (χ1v) is 7.90. The summed E-state index contributed by atoms with van der Waals surface area (Å²) >= 11 is 5.76. The Morgan fingerprint density at radius 3 is 1.16 bits per heavy atom. The van der Waals surface area contributed by atoms with Gasteiger partial charge in [-0.05, 0) is 46.2 Å². The SMILES string of the molecule is C.C.C.CC(C)(C)c1ccc(Cl)cc1.CC(C)(C)c1ccc(F)cc1. The van der Waals surface area contributed by atoms with E-state index in [0.717, 1.165) is 5.02 Å². The van der Waals surface area contributed by atoms with Crippen LogP contribution in [0.15, 0.2) is 48.5 Å². The van der Waals surface area contributed by atoms with Gasteiger partial charge in [0.15, 0.2) is 0 Å². The fourth-order valence-electron chi connectivity index (χ4n) is 1.90. The Bertz CT molecular complexity index is 514. The van der Waals surface area contributed by atoms with Crippen LogP contribution in [0, 0.1) is 5.82 Å². The van der Waals surface area contributed by atoms with Crippen LogP contribution in [0.2, 0.25) is 5.02 Å². The largest absolute Gasteiger partial charge is 0.207 e. The predicted octanol–water partition coefficient (Wildman–Crippen LogP) is 8.67. The summed E-state index contributed by atoms with van der Waals surface area (Å²) in [6.07, 6.45) is 0. The van der Waals surface area contributed by atoms with Gasteiger partial charge in [0.2, 0.25) is 0 Å². The summed E-state index contributed by atoms with van der Waals surface area (Å²) in [6.45, 7) is 12.9. The highest BCUT2D eigenvalue weighted by atomic mass is 35.5. The Hall–Kier alpha value is -1.34. The van der Waals surface area contributed by atoms with Gasteiger partial charge in [-0.2, -0.15) is 0 Å². The molecule has 0 spiro atoms. The molecule has 144 valence electrons. The van der Waals surface area contributed by atoms with E-state index in [1.165, 1.54) is 23.3 Å². The number of benzene rings is 2. The molecule has 25 heavy (non-hydrogen) atoms. The zero-order valence-electron chi connectivity index (χ0n) is 14.4. The van der Waals surface area contributed by atoms with Gasteiger partial charge in [-0.1, -0.05) is 99.7 Å². The third-order valence-electron chi connectivity index (χ3n) is 3.42. The number of halogens is 2. The summed E-state index contributed by atoms with van der Waals surface area (Å²) in [5.74, 6) is -0.169. The van der Waals surface area contributed by atoms with Crippen molar-refractivity contribution in [2.45, 2.75) is 74.7 Å². The average molecular weight is 369 g/mol. The summed E-state index contributed by atoms with van der Waals surface area (Å²) in [4.78, 5) is 0. The van der Waals surface area contributed by atoms with Crippen LogP contribution in [0.1, 0.15) is 74.9 Å². The molecule has 0 aromatic heterocycles. The molecule has 0 aliphatic rings. The molecule has 0 radical (unpaired) electrons. The molecular weight excluding hydrogens is 331 g/mol. The molecule has 0 aliphatic heterocycles. The van der Waals surface area contributed by atoms with Crippen LogP contribution in [0.4, 0.5) is 4.39 Å². The monoisotopic (exact) mass is 368 g/mol. The Morgan fingerprint density at radius 1 is 0.600 bits per heavy atom. The van der Waals surface area contributed by atoms with Crippen LogP contribution < -0.4 is 0 Å². The Morgan fingerprint density at radius 2 is 0.880 bits per heavy atom. The maximum atomic E-state index is 12.5. The minimum absolute atomic E-state index is 0. The van der Waals surface area contributed by atoms with E-state index < -0.39 is 0 Å². The lowest BCUT2D eigenvalue weighted by Gasteiger charge is -2.18. The molecule has 2 aromatic rings. The van der Waals surface area contributed by atoms with Gasteiger partial charge >= 0.3 is 0 Å². The van der Waals surface area contributed by atoms with Gasteiger partial charge in [-0.25, -0.2) is 4.39 Å². The van der Waals surface area contributed by atoms with Crippen molar-refractivity contribution in [3.05, 3.63) is 70.5 Å². The van der Waals surface area contributed by atoms with E-state index in [-0.39, 0.29) is 38.9 Å². The number of rotatable bonds is 0. The molecule has 2 heteroatoms. The van der Waals surface area contributed by atoms with Crippen LogP contribution in [0.25, 0.3) is 0 Å². The molecule has 0 heterocycles. The van der Waals surface area contributed by atoms with Crippen molar-refractivity contribution >= 4 is 11.6 Å². The van der Waals surface area contributed by atoms with Gasteiger partial charge in [-0.3, -0.25) is 0 Å². The lowest BCUT2D eigenvalue weighted by atomic mass is 9.87. The van der Waals surface area contributed by atoms with E-state index in [4.69, 9.17) is 11.6 Å². The van der Waals surface area contributed by atoms with Crippen LogP contribution in [0.3, 0.4) is 0 Å². The van der Waals surface area contributed by atoms with Crippen LogP contribution in [0.5, 0.6) is 0 Å². The smallest absolute Gasteiger partial charge is 0.123 e. The summed E-state index contributed by atoms with van der Waals surface area (Å²) in [5, 5.41) is 0.804. The van der Waals surface area contributed by atoms with Gasteiger partial charge in [0, 0.05) is 5.02 Å². The van der Waals surface area contributed by atoms with E-state index in [2.05, 4.69) is 53.7 Å². The zero-order valence-corrected chi connectivity index (χ0v) is 15.1. The fourth-order valence-corrected chi connectivity index (χ4v) is 2.03. The van der Waals surface area contributed by atoms with E-state index >= 15 is 0 Å². The molecule has 0 unspecified atom stereocenters. The third kappa shape index (κ3) is 10.3. The summed E-state index contributed by atoms with van der Waals surface area (Å²) in [6, 6.07) is 14.7. The van der Waals surface area contributed by atoms with Crippen molar-refractivity contribution in [2.75, 3.05) is 0 Å². The van der Waals surface area contributed by atoms with E-state index in [9.17, 15) is 4.39 Å². The second-order valence-corrected chi connectivity index (χ2v) is 7.95. The maximum Gasteiger partial charge on any atom is 0.123 e. The Kier molecular flexibility index (Phi) is 12.9. The highest BCUT2D eigenvalue weighted by molar-refractivity contribution is 6.30. The topological polar surface area (TPSA) is 0 Å². The lowest BCUT2D eigenvalue weighted by Crippen LogP contribution is -2.10. The van der Waals surface area contributed by atoms with Crippen LogP contribution in [-0.2, 0) is 10.8 Å². The lowest BCUT2D eigenvalue weighted by molar-refractivity contribution is 0.583. The van der Waals surface area contributed by atoms with Gasteiger partial charge < -0.3 is 0 Å². The molecule has 0 saturated heterocycles. The molecule has 0 fully saturated rings. The second-order valence-electron chi connectivity index (χ2n) is 7.51. The minimum atomic E-state index is -0.169. The van der Waals surface area contributed by atoms with E-state index in [1.807, 2.05) is 24.3 Å². The molecule has 0 nitrogen and oxygen atoms in total. The number of hydrogen-bond acceptors (Lipinski definition) is 0. The molecule has 0 atom stereocenters. The fraction of sp³-hybridized carbons (Fsp3) is 0.478. The first-order chi connectivity index (χ1) is 10.00. The van der Waals surface area contributed by atoms with Crippen molar-refractivity contribution in [2.24, 2.45) is 0 Å². The average Bonchev–Trinajstić information content (AvgIpc) is 2.38. The molecule has 2 rings (SSSR count). The maximum absolute atomic E-state index is 12.5. The molecule has 2 aromatic carbocycles. The molecule has 0 bridgehead atoms. The van der Waals surface area contributed by atoms with Crippen molar-refractivity contribution in [3.8, 4) is 0 Å². The van der Waals surface area contributed by atoms with Crippen molar-refractivity contribution in [1.29, 1.82) is 0 Å². The van der Waals surface area contributed by atoms with Crippen molar-refractivity contribution in [3.63, 3.8) is 0 Å². The summed E-state index contributed by atoms with van der Waals surface area (Å²) in [5.41, 5.74) is 2.83. The minimum Gasteiger partial charge on any atom is -0.207 e. The molecule has 0 saturated carbocycles. The molecule has 0 amide bonds. The van der Waals surface area contributed by atoms with E-state index in [0.29, 0.717) is 0 Å².